The van der Waals surface area contributed by atoms with Gasteiger partial charge in [0, 0.05) is 38.7 Å². The minimum Gasteiger partial charge on any atom is -0.374 e. The summed E-state index contributed by atoms with van der Waals surface area (Å²) in [6, 6.07) is 1.61. The predicted molar refractivity (Wildman–Crippen MR) is 91.0 cm³/mol. The molecule has 1 aromatic heterocycles. The summed E-state index contributed by atoms with van der Waals surface area (Å²) in [4.78, 5) is 25.9. The lowest BCUT2D eigenvalue weighted by Crippen LogP contribution is -2.44. The number of nitrogens with zero attached hydrogens (tertiary/aromatic N) is 3. The highest BCUT2D eigenvalue weighted by Gasteiger charge is 2.24. The molecule has 1 aliphatic carbocycles. The van der Waals surface area contributed by atoms with Crippen LogP contribution in [0, 0.1) is 5.92 Å². The summed E-state index contributed by atoms with van der Waals surface area (Å²) in [5.74, 6) is 0.399. The Morgan fingerprint density at radius 1 is 1.42 bits per heavy atom. The lowest BCUT2D eigenvalue weighted by atomic mass is 10.1. The van der Waals surface area contributed by atoms with Crippen molar-refractivity contribution < 1.29 is 9.53 Å². The van der Waals surface area contributed by atoms with E-state index < -0.39 is 0 Å². The Morgan fingerprint density at radius 3 is 2.96 bits per heavy atom. The maximum Gasteiger partial charge on any atom is 0.268 e. The predicted octanol–water partition coefficient (Wildman–Crippen LogP) is 0.682. The zero-order chi connectivity index (χ0) is 16.9. The van der Waals surface area contributed by atoms with Gasteiger partial charge in [0.1, 0.15) is 0 Å². The highest BCUT2D eigenvalue weighted by molar-refractivity contribution is 5.78. The van der Waals surface area contributed by atoms with Crippen LogP contribution in [0.5, 0.6) is 0 Å². The largest absolute Gasteiger partial charge is 0.374 e. The first kappa shape index (κ1) is 17.0. The number of anilines is 1. The van der Waals surface area contributed by atoms with Crippen molar-refractivity contribution in [2.75, 3.05) is 31.1 Å². The molecule has 0 bridgehead atoms. The van der Waals surface area contributed by atoms with Gasteiger partial charge in [-0.15, -0.1) is 0 Å². The van der Waals surface area contributed by atoms with E-state index in [1.807, 2.05) is 0 Å². The Labute approximate surface area is 142 Å². The van der Waals surface area contributed by atoms with E-state index in [2.05, 4.69) is 15.3 Å². The van der Waals surface area contributed by atoms with Gasteiger partial charge >= 0.3 is 0 Å². The molecule has 1 N–H and O–H groups in total. The smallest absolute Gasteiger partial charge is 0.268 e. The molecule has 1 saturated carbocycles. The number of rotatable bonds is 5. The van der Waals surface area contributed by atoms with Crippen molar-refractivity contribution in [2.45, 2.75) is 38.2 Å². The molecule has 1 saturated heterocycles. The molecule has 0 aromatic carbocycles. The van der Waals surface area contributed by atoms with Crippen LogP contribution in [0.1, 0.15) is 32.1 Å². The van der Waals surface area contributed by atoms with E-state index in [1.165, 1.54) is 17.5 Å². The number of carbonyl (C=O) groups excluding carboxylic acids is 1. The maximum absolute atomic E-state index is 12.0. The molecule has 132 valence electrons. The third-order valence-electron chi connectivity index (χ3n) is 4.95. The molecule has 1 aromatic rings. The third-order valence-corrected chi connectivity index (χ3v) is 4.95. The molecule has 1 aliphatic heterocycles. The van der Waals surface area contributed by atoms with E-state index in [0.717, 1.165) is 31.5 Å². The van der Waals surface area contributed by atoms with Gasteiger partial charge in [0.25, 0.3) is 5.56 Å². The number of aromatic nitrogens is 2. The number of hydrogen-bond acceptors (Lipinski definition) is 5. The molecule has 7 nitrogen and oxygen atoms in total. The highest BCUT2D eigenvalue weighted by atomic mass is 16.5. The van der Waals surface area contributed by atoms with E-state index in [-0.39, 0.29) is 23.5 Å². The Kier molecular flexibility index (Phi) is 5.50. The molecule has 2 fully saturated rings. The number of ether oxygens (including phenoxy) is 1. The van der Waals surface area contributed by atoms with Crippen molar-refractivity contribution in [1.82, 2.24) is 15.1 Å². The quantitative estimate of drug-likeness (QED) is 0.857. The lowest BCUT2D eigenvalue weighted by Gasteiger charge is -2.34. The van der Waals surface area contributed by atoms with Crippen LogP contribution >= 0.6 is 0 Å². The van der Waals surface area contributed by atoms with Gasteiger partial charge in [0.2, 0.25) is 5.91 Å². The van der Waals surface area contributed by atoms with Gasteiger partial charge in [0.15, 0.2) is 0 Å². The van der Waals surface area contributed by atoms with E-state index in [1.54, 1.807) is 19.3 Å². The van der Waals surface area contributed by atoms with Gasteiger partial charge in [-0.25, -0.2) is 4.68 Å². The summed E-state index contributed by atoms with van der Waals surface area (Å²) in [5, 5.41) is 7.11. The van der Waals surface area contributed by atoms with Crippen molar-refractivity contribution in [3.8, 4) is 0 Å². The number of aryl methyl sites for hydroxylation is 1. The van der Waals surface area contributed by atoms with Crippen LogP contribution in [-0.2, 0) is 16.6 Å². The van der Waals surface area contributed by atoms with Crippen molar-refractivity contribution in [3.05, 3.63) is 22.6 Å². The van der Waals surface area contributed by atoms with Crippen LogP contribution in [0.2, 0.25) is 0 Å². The van der Waals surface area contributed by atoms with Gasteiger partial charge in [-0.3, -0.25) is 9.59 Å². The first-order valence-electron chi connectivity index (χ1n) is 8.81. The minimum atomic E-state index is -0.112. The number of nitrogens with one attached hydrogen (secondary N) is 1. The molecule has 1 unspecified atom stereocenters. The molecular weight excluding hydrogens is 308 g/mol. The Morgan fingerprint density at radius 2 is 2.21 bits per heavy atom. The normalized spacial score (nSPS) is 21.9. The number of morpholine rings is 1. The molecular formula is C17H26N4O3. The second-order valence-electron chi connectivity index (χ2n) is 6.68. The standard InChI is InChI=1S/C17H26N4O3/c1-20-16(22)10-14(11-19-20)21-8-9-24-15(12-21)6-7-18-17(23)13-4-2-3-5-13/h10-11,13,15H,2-9,12H2,1H3,(H,18,23). The summed E-state index contributed by atoms with van der Waals surface area (Å²) >= 11 is 0. The van der Waals surface area contributed by atoms with Crippen LogP contribution in [0.15, 0.2) is 17.1 Å². The highest BCUT2D eigenvalue weighted by Crippen LogP contribution is 2.24. The van der Waals surface area contributed by atoms with Crippen LogP contribution < -0.4 is 15.8 Å². The van der Waals surface area contributed by atoms with Crippen molar-refractivity contribution in [1.29, 1.82) is 0 Å². The van der Waals surface area contributed by atoms with Crippen LogP contribution in [-0.4, -0.2) is 48.0 Å². The SMILES string of the molecule is Cn1ncc(N2CCOC(CCNC(=O)C3CCCC3)C2)cc1=O. The lowest BCUT2D eigenvalue weighted by molar-refractivity contribution is -0.124. The van der Waals surface area contributed by atoms with Crippen LogP contribution in [0.4, 0.5) is 5.69 Å². The molecule has 2 heterocycles. The Balaban J connectivity index is 1.47. The van der Waals surface area contributed by atoms with Gasteiger partial charge < -0.3 is 15.0 Å². The van der Waals surface area contributed by atoms with Crippen molar-refractivity contribution >= 4 is 11.6 Å². The summed E-state index contributed by atoms with van der Waals surface area (Å²) < 4.78 is 7.11. The van der Waals surface area contributed by atoms with Crippen LogP contribution in [0.3, 0.4) is 0 Å². The second-order valence-corrected chi connectivity index (χ2v) is 6.68. The molecule has 24 heavy (non-hydrogen) atoms. The van der Waals surface area contributed by atoms with E-state index >= 15 is 0 Å². The van der Waals surface area contributed by atoms with Gasteiger partial charge in [-0.2, -0.15) is 5.10 Å². The molecule has 2 aliphatic rings. The summed E-state index contributed by atoms with van der Waals surface area (Å²) in [6.07, 6.45) is 6.95. The number of carbonyl (C=O) groups is 1. The van der Waals surface area contributed by atoms with E-state index in [9.17, 15) is 9.59 Å². The fraction of sp³-hybridized carbons (Fsp3) is 0.706. The molecule has 1 amide bonds. The fourth-order valence-electron chi connectivity index (χ4n) is 3.45. The molecule has 0 spiro atoms. The minimum absolute atomic E-state index is 0.0617. The van der Waals surface area contributed by atoms with E-state index in [0.29, 0.717) is 19.7 Å². The monoisotopic (exact) mass is 334 g/mol. The van der Waals surface area contributed by atoms with Crippen molar-refractivity contribution in [2.24, 2.45) is 13.0 Å². The first-order valence-corrected chi connectivity index (χ1v) is 8.81. The summed E-state index contributed by atoms with van der Waals surface area (Å²) in [7, 11) is 1.64. The molecule has 3 rings (SSSR count). The van der Waals surface area contributed by atoms with Crippen molar-refractivity contribution in [3.63, 3.8) is 0 Å². The topological polar surface area (TPSA) is 76.5 Å². The zero-order valence-electron chi connectivity index (χ0n) is 14.2. The molecule has 1 atom stereocenters. The zero-order valence-corrected chi connectivity index (χ0v) is 14.2. The third kappa shape index (κ3) is 4.14. The number of hydrogen-bond donors (Lipinski definition) is 1. The Bertz CT molecular complexity index is 625. The molecule has 0 radical (unpaired) electrons. The first-order chi connectivity index (χ1) is 11.6. The van der Waals surface area contributed by atoms with Gasteiger partial charge in [-0.1, -0.05) is 12.8 Å². The van der Waals surface area contributed by atoms with Gasteiger partial charge in [-0.05, 0) is 19.3 Å². The fourth-order valence-corrected chi connectivity index (χ4v) is 3.45. The average molecular weight is 334 g/mol. The second kappa shape index (κ2) is 7.79. The van der Waals surface area contributed by atoms with Crippen LogP contribution in [0.25, 0.3) is 0 Å². The summed E-state index contributed by atoms with van der Waals surface area (Å²) in [6.45, 7) is 2.73. The van der Waals surface area contributed by atoms with Gasteiger partial charge in [0.05, 0.1) is 24.6 Å². The summed E-state index contributed by atoms with van der Waals surface area (Å²) in [5.41, 5.74) is 0.723. The average Bonchev–Trinajstić information content (AvgIpc) is 3.12. The number of amides is 1. The molecule has 7 heteroatoms. The maximum atomic E-state index is 12.0. The van der Waals surface area contributed by atoms with E-state index in [4.69, 9.17) is 4.74 Å². The Hall–Kier alpha value is -1.89.